The van der Waals surface area contributed by atoms with Gasteiger partial charge < -0.3 is 0 Å². The van der Waals surface area contributed by atoms with Crippen LogP contribution in [-0.4, -0.2) is 15.0 Å². The van der Waals surface area contributed by atoms with Gasteiger partial charge in [-0.1, -0.05) is 170 Å². The molecule has 0 fully saturated rings. The second-order valence-corrected chi connectivity index (χ2v) is 12.8. The van der Waals surface area contributed by atoms with Crippen LogP contribution in [0.4, 0.5) is 5.69 Å². The number of hydrogen-bond donors (Lipinski definition) is 0. The molecule has 4 nitrogen and oxygen atoms in total. The van der Waals surface area contributed by atoms with Crippen LogP contribution < -0.4 is 0 Å². The Balaban J connectivity index is 1.22. The van der Waals surface area contributed by atoms with Gasteiger partial charge in [-0.25, -0.2) is 19.8 Å². The maximum atomic E-state index is 7.28. The van der Waals surface area contributed by atoms with Gasteiger partial charge in [0.05, 0.1) is 6.57 Å². The van der Waals surface area contributed by atoms with Crippen molar-refractivity contribution < 1.29 is 0 Å². The van der Waals surface area contributed by atoms with Crippen LogP contribution in [0.15, 0.2) is 182 Å². The molecule has 8 aromatic carbocycles. The van der Waals surface area contributed by atoms with E-state index in [-0.39, 0.29) is 0 Å². The molecule has 9 aromatic rings. The molecule has 0 radical (unpaired) electrons. The molecule has 242 valence electrons. The van der Waals surface area contributed by atoms with Gasteiger partial charge in [0.2, 0.25) is 0 Å². The fourth-order valence-corrected chi connectivity index (χ4v) is 6.85. The molecule has 0 bridgehead atoms. The zero-order valence-electron chi connectivity index (χ0n) is 28.1. The van der Waals surface area contributed by atoms with Gasteiger partial charge in [-0.05, 0) is 67.1 Å². The lowest BCUT2D eigenvalue weighted by atomic mass is 9.93. The summed E-state index contributed by atoms with van der Waals surface area (Å²) in [7, 11) is 0. The summed E-state index contributed by atoms with van der Waals surface area (Å²) in [6, 6.07) is 62.6. The minimum Gasteiger partial charge on any atom is -0.238 e. The first-order chi connectivity index (χ1) is 25.7. The first kappa shape index (κ1) is 30.8. The highest BCUT2D eigenvalue weighted by atomic mass is 15.0. The summed E-state index contributed by atoms with van der Waals surface area (Å²) in [4.78, 5) is 19.1. The third kappa shape index (κ3) is 5.87. The predicted octanol–water partition coefficient (Wildman–Crippen LogP) is 12.7. The van der Waals surface area contributed by atoms with E-state index in [1.54, 1.807) is 0 Å². The van der Waals surface area contributed by atoms with Crippen molar-refractivity contribution in [3.05, 3.63) is 193 Å². The maximum Gasteiger partial charge on any atom is 0.187 e. The van der Waals surface area contributed by atoms with E-state index in [1.807, 2.05) is 36.4 Å². The number of hydrogen-bond acceptors (Lipinski definition) is 3. The van der Waals surface area contributed by atoms with Crippen LogP contribution >= 0.6 is 0 Å². The van der Waals surface area contributed by atoms with Crippen molar-refractivity contribution >= 4 is 27.2 Å². The van der Waals surface area contributed by atoms with Gasteiger partial charge in [-0.15, -0.1) is 0 Å². The zero-order valence-corrected chi connectivity index (χ0v) is 28.1. The third-order valence-electron chi connectivity index (χ3n) is 9.55. The standard InChI is InChI=1S/C48H30N4/c1-49-42-27-24-34(25-28-42)38-20-21-40-31-41(23-22-39(40)30-38)47-50-46(37-18-16-33(17-19-37)32-10-4-2-5-11-32)51-48(52-47)45-43-15-9-8-14-36(43)26-29-44(45)35-12-6-3-7-13-35/h2-31H. The minimum atomic E-state index is 0.611. The summed E-state index contributed by atoms with van der Waals surface area (Å²) in [5, 5.41) is 4.41. The summed E-state index contributed by atoms with van der Waals surface area (Å²) in [6.07, 6.45) is 0. The van der Waals surface area contributed by atoms with Crippen LogP contribution in [0.5, 0.6) is 0 Å². The van der Waals surface area contributed by atoms with Gasteiger partial charge in [0.15, 0.2) is 23.2 Å². The van der Waals surface area contributed by atoms with Gasteiger partial charge in [0.25, 0.3) is 0 Å². The molecule has 0 spiro atoms. The molecule has 0 N–H and O–H groups in total. The van der Waals surface area contributed by atoms with Crippen molar-refractivity contribution in [3.63, 3.8) is 0 Å². The van der Waals surface area contributed by atoms with E-state index >= 15 is 0 Å². The van der Waals surface area contributed by atoms with E-state index in [1.165, 1.54) is 0 Å². The molecule has 0 saturated heterocycles. The van der Waals surface area contributed by atoms with Crippen LogP contribution in [0.1, 0.15) is 0 Å². The Morgan fingerprint density at radius 2 is 0.827 bits per heavy atom. The number of rotatable bonds is 6. The molecule has 4 heteroatoms. The molecule has 0 aliphatic carbocycles. The summed E-state index contributed by atoms with van der Waals surface area (Å²) < 4.78 is 0. The third-order valence-corrected chi connectivity index (χ3v) is 9.55. The van der Waals surface area contributed by atoms with Gasteiger partial charge in [-0.2, -0.15) is 0 Å². The molecule has 0 aliphatic rings. The molecule has 1 heterocycles. The quantitative estimate of drug-likeness (QED) is 0.166. The lowest BCUT2D eigenvalue weighted by Gasteiger charge is -2.15. The molecule has 9 rings (SSSR count). The zero-order chi connectivity index (χ0) is 34.9. The number of benzene rings is 8. The fraction of sp³-hybridized carbons (Fsp3) is 0. The summed E-state index contributed by atoms with van der Waals surface area (Å²) in [5.74, 6) is 1.85. The number of fused-ring (bicyclic) bond motifs is 2. The Hall–Kier alpha value is -7.22. The highest BCUT2D eigenvalue weighted by Crippen LogP contribution is 2.38. The smallest absolute Gasteiger partial charge is 0.187 e. The molecule has 0 aliphatic heterocycles. The average molecular weight is 663 g/mol. The molecule has 0 saturated carbocycles. The SMILES string of the molecule is [C-]#[N+]c1ccc(-c2ccc3cc(-c4nc(-c5ccc(-c6ccccc6)cc5)nc(-c5c(-c6ccccc6)ccc6ccccc56)n4)ccc3c2)cc1. The highest BCUT2D eigenvalue weighted by Gasteiger charge is 2.19. The number of nitrogens with zero attached hydrogens (tertiary/aromatic N) is 4. The summed E-state index contributed by atoms with van der Waals surface area (Å²) in [6.45, 7) is 7.28. The Morgan fingerprint density at radius 1 is 0.346 bits per heavy atom. The van der Waals surface area contributed by atoms with E-state index in [0.29, 0.717) is 23.2 Å². The van der Waals surface area contributed by atoms with Gasteiger partial charge in [0, 0.05) is 16.7 Å². The Bertz CT molecular complexity index is 2770. The van der Waals surface area contributed by atoms with Crippen molar-refractivity contribution in [2.24, 2.45) is 0 Å². The van der Waals surface area contributed by atoms with Crippen LogP contribution in [-0.2, 0) is 0 Å². The van der Waals surface area contributed by atoms with Crippen LogP contribution in [0, 0.1) is 6.57 Å². The van der Waals surface area contributed by atoms with E-state index in [2.05, 4.69) is 150 Å². The lowest BCUT2D eigenvalue weighted by Crippen LogP contribution is -2.02. The van der Waals surface area contributed by atoms with E-state index < -0.39 is 0 Å². The van der Waals surface area contributed by atoms with Gasteiger partial charge in [-0.3, -0.25) is 0 Å². The van der Waals surface area contributed by atoms with Crippen molar-refractivity contribution in [3.8, 4) is 67.5 Å². The normalized spacial score (nSPS) is 11.1. The summed E-state index contributed by atoms with van der Waals surface area (Å²) in [5.41, 5.74) is 10.1. The topological polar surface area (TPSA) is 43.0 Å². The summed E-state index contributed by atoms with van der Waals surface area (Å²) >= 11 is 0. The Kier molecular flexibility index (Phi) is 7.85. The van der Waals surface area contributed by atoms with Gasteiger partial charge >= 0.3 is 0 Å². The van der Waals surface area contributed by atoms with E-state index in [4.69, 9.17) is 21.5 Å². The molecule has 1 aromatic heterocycles. The van der Waals surface area contributed by atoms with Crippen molar-refractivity contribution in [1.29, 1.82) is 0 Å². The fourth-order valence-electron chi connectivity index (χ4n) is 6.85. The average Bonchev–Trinajstić information content (AvgIpc) is 3.23. The monoisotopic (exact) mass is 662 g/mol. The largest absolute Gasteiger partial charge is 0.238 e. The van der Waals surface area contributed by atoms with Crippen molar-refractivity contribution in [2.75, 3.05) is 0 Å². The lowest BCUT2D eigenvalue weighted by molar-refractivity contribution is 1.08. The van der Waals surface area contributed by atoms with Crippen LogP contribution in [0.25, 0.3) is 93.9 Å². The Morgan fingerprint density at radius 3 is 1.54 bits per heavy atom. The number of aromatic nitrogens is 3. The van der Waals surface area contributed by atoms with E-state index in [0.717, 1.165) is 71.6 Å². The minimum absolute atomic E-state index is 0.611. The Labute approximate surface area is 302 Å². The van der Waals surface area contributed by atoms with Crippen LogP contribution in [0.3, 0.4) is 0 Å². The highest BCUT2D eigenvalue weighted by molar-refractivity contribution is 6.03. The molecule has 0 atom stereocenters. The maximum absolute atomic E-state index is 7.28. The molecular formula is C48H30N4. The first-order valence-electron chi connectivity index (χ1n) is 17.2. The van der Waals surface area contributed by atoms with Crippen LogP contribution in [0.2, 0.25) is 0 Å². The van der Waals surface area contributed by atoms with Gasteiger partial charge in [0.1, 0.15) is 0 Å². The molecule has 52 heavy (non-hydrogen) atoms. The predicted molar refractivity (Wildman–Crippen MR) is 214 cm³/mol. The molecule has 0 amide bonds. The second-order valence-electron chi connectivity index (χ2n) is 12.8. The van der Waals surface area contributed by atoms with E-state index in [9.17, 15) is 0 Å². The van der Waals surface area contributed by atoms with Crippen molar-refractivity contribution in [2.45, 2.75) is 0 Å². The second kappa shape index (κ2) is 13.2. The first-order valence-corrected chi connectivity index (χ1v) is 17.2. The molecular weight excluding hydrogens is 633 g/mol. The molecule has 0 unspecified atom stereocenters. The van der Waals surface area contributed by atoms with Crippen molar-refractivity contribution in [1.82, 2.24) is 15.0 Å².